The maximum atomic E-state index is 12.9. The highest BCUT2D eigenvalue weighted by molar-refractivity contribution is 8.04. The molecule has 0 aliphatic carbocycles. The van der Waals surface area contributed by atoms with Crippen LogP contribution in [0.15, 0.2) is 29.7 Å². The summed E-state index contributed by atoms with van der Waals surface area (Å²) < 4.78 is 12.1. The van der Waals surface area contributed by atoms with Gasteiger partial charge in [0, 0.05) is 12.1 Å². The van der Waals surface area contributed by atoms with Crippen LogP contribution in [-0.4, -0.2) is 65.6 Å². The second-order valence-corrected chi connectivity index (χ2v) is 7.90. The fourth-order valence-electron chi connectivity index (χ4n) is 3.42. The summed E-state index contributed by atoms with van der Waals surface area (Å²) in [6.45, 7) is 2.43. The molecule has 1 atom stereocenters. The lowest BCUT2D eigenvalue weighted by Gasteiger charge is -2.24. The van der Waals surface area contributed by atoms with Gasteiger partial charge in [0.15, 0.2) is 23.3 Å². The van der Waals surface area contributed by atoms with E-state index in [0.717, 1.165) is 18.4 Å². The van der Waals surface area contributed by atoms with Gasteiger partial charge in [-0.15, -0.1) is 11.8 Å². The fourth-order valence-corrected chi connectivity index (χ4v) is 4.38. The van der Waals surface area contributed by atoms with Crippen molar-refractivity contribution < 1.29 is 28.4 Å². The molecule has 0 spiro atoms. The molecule has 0 saturated heterocycles. The van der Waals surface area contributed by atoms with Crippen LogP contribution in [0.1, 0.15) is 25.3 Å². The molecule has 1 aromatic carbocycles. The summed E-state index contributed by atoms with van der Waals surface area (Å²) in [5.41, 5.74) is 1.33. The Balaban J connectivity index is 1.74. The maximum Gasteiger partial charge on any atom is 0.501 e. The number of allylic oxidation sites excluding steroid dienone is 1. The number of amides is 4. The number of ether oxygens (including phenoxy) is 2. The van der Waals surface area contributed by atoms with Crippen LogP contribution in [0.4, 0.5) is 4.79 Å². The predicted molar refractivity (Wildman–Crippen MR) is 114 cm³/mol. The number of thioether (sulfide) groups is 1. The largest absolute Gasteiger partial charge is 0.501 e. The number of methoxy groups -OCH3 is 2. The van der Waals surface area contributed by atoms with Crippen molar-refractivity contribution in [2.75, 3.05) is 27.3 Å². The van der Waals surface area contributed by atoms with Crippen molar-refractivity contribution in [3.8, 4) is 11.5 Å². The number of benzene rings is 1. The molecule has 30 heavy (non-hydrogen) atoms. The van der Waals surface area contributed by atoms with E-state index in [1.165, 1.54) is 21.2 Å². The standard InChI is InChI=1S/C21H25N3O5S/c1-4-5-10-23-20(26)19-15(9-11-30-19)24(21(23)27)13-17(25)22-12-14-7-6-8-16(28-2)18(14)29-3/h6-9,11,19H,4-5,10,12-13H2,1-3H3/p+1. The highest BCUT2D eigenvalue weighted by atomic mass is 32.2. The number of carbonyl (C=O) groups excluding carboxylic acids is 3. The molecule has 2 heterocycles. The number of imide groups is 1. The SMILES string of the molecule is CCCCN1C(=O)C2SC=CC2=[N+](CC(=O)NCc2cccc(OC)c2OC)C1=O. The molecule has 1 unspecified atom stereocenters. The molecule has 160 valence electrons. The molecule has 4 amide bonds. The van der Waals surface area contributed by atoms with Gasteiger partial charge in [-0.2, -0.15) is 14.3 Å². The third kappa shape index (κ3) is 4.35. The summed E-state index contributed by atoms with van der Waals surface area (Å²) in [5.74, 6) is 0.591. The average molecular weight is 433 g/mol. The lowest BCUT2D eigenvalue weighted by Crippen LogP contribution is -2.56. The van der Waals surface area contributed by atoms with Crippen LogP contribution in [0.5, 0.6) is 11.5 Å². The number of para-hydroxylation sites is 1. The normalized spacial score (nSPS) is 18.0. The monoisotopic (exact) mass is 432 g/mol. The van der Waals surface area contributed by atoms with Crippen molar-refractivity contribution in [3.05, 3.63) is 35.2 Å². The van der Waals surface area contributed by atoms with Crippen molar-refractivity contribution >= 4 is 35.3 Å². The number of hydrogen-bond acceptors (Lipinski definition) is 6. The molecular weight excluding hydrogens is 406 g/mol. The van der Waals surface area contributed by atoms with Crippen LogP contribution in [0.25, 0.3) is 0 Å². The summed E-state index contributed by atoms with van der Waals surface area (Å²) in [6.07, 6.45) is 3.33. The van der Waals surface area contributed by atoms with Crippen LogP contribution in [0.3, 0.4) is 0 Å². The van der Waals surface area contributed by atoms with E-state index >= 15 is 0 Å². The zero-order chi connectivity index (χ0) is 21.7. The van der Waals surface area contributed by atoms with Crippen LogP contribution < -0.4 is 14.8 Å². The Morgan fingerprint density at radius 3 is 2.77 bits per heavy atom. The zero-order valence-electron chi connectivity index (χ0n) is 17.3. The highest BCUT2D eigenvalue weighted by Gasteiger charge is 2.49. The van der Waals surface area contributed by atoms with Gasteiger partial charge in [0.25, 0.3) is 5.91 Å². The molecule has 0 saturated carbocycles. The van der Waals surface area contributed by atoms with Gasteiger partial charge in [0.2, 0.25) is 0 Å². The van der Waals surface area contributed by atoms with Crippen LogP contribution in [0, 0.1) is 0 Å². The lowest BCUT2D eigenvalue weighted by atomic mass is 10.1. The molecule has 9 heteroatoms. The average Bonchev–Trinajstić information content (AvgIpc) is 3.24. The molecule has 0 aromatic heterocycles. The Morgan fingerprint density at radius 1 is 1.27 bits per heavy atom. The van der Waals surface area contributed by atoms with Gasteiger partial charge in [0.1, 0.15) is 5.71 Å². The summed E-state index contributed by atoms with van der Waals surface area (Å²) in [5, 5.41) is 4.15. The molecule has 8 nitrogen and oxygen atoms in total. The van der Waals surface area contributed by atoms with Gasteiger partial charge in [-0.25, -0.2) is 4.79 Å². The molecule has 3 rings (SSSR count). The Labute approximate surface area is 179 Å². The maximum absolute atomic E-state index is 12.9. The molecule has 0 fully saturated rings. The van der Waals surface area contributed by atoms with E-state index in [9.17, 15) is 14.4 Å². The molecule has 0 radical (unpaired) electrons. The van der Waals surface area contributed by atoms with E-state index < -0.39 is 11.3 Å². The Morgan fingerprint density at radius 2 is 2.07 bits per heavy atom. The summed E-state index contributed by atoms with van der Waals surface area (Å²) >= 11 is 1.36. The Hall–Kier alpha value is -2.81. The second kappa shape index (κ2) is 9.80. The molecule has 2 aliphatic rings. The molecular formula is C21H26N3O5S+. The lowest BCUT2D eigenvalue weighted by molar-refractivity contribution is -0.426. The van der Waals surface area contributed by atoms with Gasteiger partial charge in [-0.05, 0) is 24.0 Å². The number of carbonyl (C=O) groups is 3. The highest BCUT2D eigenvalue weighted by Crippen LogP contribution is 2.30. The second-order valence-electron chi connectivity index (χ2n) is 6.89. The van der Waals surface area contributed by atoms with E-state index in [1.54, 1.807) is 31.8 Å². The van der Waals surface area contributed by atoms with Crippen molar-refractivity contribution in [1.82, 2.24) is 10.2 Å². The number of hydrogen-bond donors (Lipinski definition) is 1. The van der Waals surface area contributed by atoms with E-state index in [2.05, 4.69) is 5.32 Å². The number of urea groups is 1. The third-order valence-corrected chi connectivity index (χ3v) is 5.99. The van der Waals surface area contributed by atoms with E-state index in [4.69, 9.17) is 9.47 Å². The molecule has 1 N–H and O–H groups in total. The first-order valence-electron chi connectivity index (χ1n) is 9.80. The van der Waals surface area contributed by atoms with Crippen molar-refractivity contribution in [1.29, 1.82) is 0 Å². The predicted octanol–water partition coefficient (Wildman–Crippen LogP) is 2.16. The number of fused-ring (bicyclic) bond motifs is 1. The number of nitrogens with zero attached hydrogens (tertiary/aromatic N) is 2. The number of rotatable bonds is 9. The minimum atomic E-state index is -0.467. The quantitative estimate of drug-likeness (QED) is 0.602. The first-order valence-corrected chi connectivity index (χ1v) is 10.7. The van der Waals surface area contributed by atoms with Gasteiger partial charge in [-0.3, -0.25) is 4.79 Å². The molecule has 0 bridgehead atoms. The number of nitrogens with one attached hydrogen (secondary N) is 1. The van der Waals surface area contributed by atoms with E-state index in [0.29, 0.717) is 23.8 Å². The van der Waals surface area contributed by atoms with E-state index in [1.807, 2.05) is 19.1 Å². The summed E-state index contributed by atoms with van der Waals surface area (Å²) in [4.78, 5) is 39.5. The van der Waals surface area contributed by atoms with Gasteiger partial charge >= 0.3 is 11.9 Å². The molecule has 2 aliphatic heterocycles. The van der Waals surface area contributed by atoms with Crippen molar-refractivity contribution in [2.45, 2.75) is 31.6 Å². The van der Waals surface area contributed by atoms with Crippen LogP contribution in [0.2, 0.25) is 0 Å². The first-order chi connectivity index (χ1) is 14.5. The van der Waals surface area contributed by atoms with Gasteiger partial charge in [-0.1, -0.05) is 25.5 Å². The Kier molecular flexibility index (Phi) is 7.15. The molecule has 1 aromatic rings. The minimum Gasteiger partial charge on any atom is -0.493 e. The summed E-state index contributed by atoms with van der Waals surface area (Å²) in [6, 6.07) is 4.98. The Bertz CT molecular complexity index is 912. The van der Waals surface area contributed by atoms with Crippen molar-refractivity contribution in [2.24, 2.45) is 0 Å². The minimum absolute atomic E-state index is 0.155. The van der Waals surface area contributed by atoms with Crippen LogP contribution in [-0.2, 0) is 16.1 Å². The van der Waals surface area contributed by atoms with Gasteiger partial charge < -0.3 is 14.8 Å². The van der Waals surface area contributed by atoms with E-state index in [-0.39, 0.29) is 24.9 Å². The van der Waals surface area contributed by atoms with Crippen molar-refractivity contribution in [3.63, 3.8) is 0 Å². The number of unbranched alkanes of at least 4 members (excludes halogenated alkanes) is 1. The van der Waals surface area contributed by atoms with Crippen LogP contribution >= 0.6 is 11.8 Å². The fraction of sp³-hybridized carbons (Fsp3) is 0.429. The van der Waals surface area contributed by atoms with Gasteiger partial charge in [0.05, 0.1) is 20.8 Å². The zero-order valence-corrected chi connectivity index (χ0v) is 18.2. The summed E-state index contributed by atoms with van der Waals surface area (Å²) in [7, 11) is 3.09. The smallest absolute Gasteiger partial charge is 0.493 e. The first kappa shape index (κ1) is 21.9. The third-order valence-electron chi connectivity index (χ3n) is 4.98. The topological polar surface area (TPSA) is 88.0 Å².